The van der Waals surface area contributed by atoms with Crippen molar-refractivity contribution in [3.63, 3.8) is 0 Å². The molecule has 0 aliphatic carbocycles. The van der Waals surface area contributed by atoms with Gasteiger partial charge in [0.15, 0.2) is 0 Å². The quantitative estimate of drug-likeness (QED) is 0.757. The van der Waals surface area contributed by atoms with Gasteiger partial charge in [-0.1, -0.05) is 30.3 Å². The third-order valence-corrected chi connectivity index (χ3v) is 2.13. The molecule has 1 aromatic carbocycles. The van der Waals surface area contributed by atoms with Crippen molar-refractivity contribution in [3.8, 4) is 17.0 Å². The standard InChI is InChI=1S/C13H13NO/c1-2-15-13-10-12(8-9-14-13)11-6-4-3-5-7-11/h3-10H,2H2,1H3. The number of hydrogen-bond donors (Lipinski definition) is 0. The van der Waals surface area contributed by atoms with Crippen LogP contribution in [0.15, 0.2) is 48.7 Å². The average molecular weight is 199 g/mol. The van der Waals surface area contributed by atoms with Crippen molar-refractivity contribution in [2.24, 2.45) is 0 Å². The molecule has 0 radical (unpaired) electrons. The summed E-state index contributed by atoms with van der Waals surface area (Å²) < 4.78 is 5.36. The first-order valence-corrected chi connectivity index (χ1v) is 5.04. The van der Waals surface area contributed by atoms with Crippen molar-refractivity contribution in [1.82, 2.24) is 4.98 Å². The van der Waals surface area contributed by atoms with Crippen molar-refractivity contribution in [2.45, 2.75) is 6.92 Å². The van der Waals surface area contributed by atoms with Crippen LogP contribution in [-0.2, 0) is 0 Å². The predicted octanol–water partition coefficient (Wildman–Crippen LogP) is 3.15. The number of rotatable bonds is 3. The zero-order valence-corrected chi connectivity index (χ0v) is 8.68. The van der Waals surface area contributed by atoms with E-state index in [0.29, 0.717) is 12.5 Å². The zero-order valence-electron chi connectivity index (χ0n) is 8.68. The first-order chi connectivity index (χ1) is 7.40. The first-order valence-electron chi connectivity index (χ1n) is 5.04. The summed E-state index contributed by atoms with van der Waals surface area (Å²) in [6.07, 6.45) is 1.77. The third-order valence-electron chi connectivity index (χ3n) is 2.13. The lowest BCUT2D eigenvalue weighted by Crippen LogP contribution is -1.93. The third kappa shape index (κ3) is 2.34. The van der Waals surface area contributed by atoms with Crippen LogP contribution in [0.3, 0.4) is 0 Å². The highest BCUT2D eigenvalue weighted by atomic mass is 16.5. The summed E-state index contributed by atoms with van der Waals surface area (Å²) in [5.74, 6) is 0.679. The Morgan fingerprint density at radius 1 is 1.07 bits per heavy atom. The molecule has 76 valence electrons. The lowest BCUT2D eigenvalue weighted by atomic mass is 10.1. The van der Waals surface area contributed by atoms with Crippen LogP contribution in [0.1, 0.15) is 6.92 Å². The molecule has 2 nitrogen and oxygen atoms in total. The van der Waals surface area contributed by atoms with Crippen molar-refractivity contribution >= 4 is 0 Å². The molecule has 0 bridgehead atoms. The summed E-state index contributed by atoms with van der Waals surface area (Å²) in [5, 5.41) is 0. The Morgan fingerprint density at radius 2 is 1.87 bits per heavy atom. The monoisotopic (exact) mass is 199 g/mol. The van der Waals surface area contributed by atoms with Gasteiger partial charge in [0.25, 0.3) is 0 Å². The maximum absolute atomic E-state index is 5.36. The second-order valence-electron chi connectivity index (χ2n) is 3.18. The minimum absolute atomic E-state index is 0.644. The smallest absolute Gasteiger partial charge is 0.213 e. The zero-order chi connectivity index (χ0) is 10.5. The van der Waals surface area contributed by atoms with E-state index >= 15 is 0 Å². The molecule has 0 saturated carbocycles. The summed E-state index contributed by atoms with van der Waals surface area (Å²) in [5.41, 5.74) is 2.31. The summed E-state index contributed by atoms with van der Waals surface area (Å²) >= 11 is 0. The molecule has 0 unspecified atom stereocenters. The summed E-state index contributed by atoms with van der Waals surface area (Å²) in [7, 11) is 0. The summed E-state index contributed by atoms with van der Waals surface area (Å²) in [6.45, 7) is 2.60. The van der Waals surface area contributed by atoms with Crippen LogP contribution in [0.5, 0.6) is 5.88 Å². The van der Waals surface area contributed by atoms with Gasteiger partial charge in [0.05, 0.1) is 6.61 Å². The van der Waals surface area contributed by atoms with Gasteiger partial charge in [-0.3, -0.25) is 0 Å². The van der Waals surface area contributed by atoms with Gasteiger partial charge in [-0.25, -0.2) is 4.98 Å². The second kappa shape index (κ2) is 4.60. The molecule has 2 heteroatoms. The molecule has 1 aromatic heterocycles. The molecule has 15 heavy (non-hydrogen) atoms. The second-order valence-corrected chi connectivity index (χ2v) is 3.18. The van der Waals surface area contributed by atoms with E-state index in [4.69, 9.17) is 4.74 Å². The van der Waals surface area contributed by atoms with Crippen molar-refractivity contribution < 1.29 is 4.74 Å². The number of ether oxygens (including phenoxy) is 1. The summed E-state index contributed by atoms with van der Waals surface area (Å²) in [6, 6.07) is 14.1. The molecule has 0 aliphatic heterocycles. The Balaban J connectivity index is 2.33. The van der Waals surface area contributed by atoms with Crippen molar-refractivity contribution in [1.29, 1.82) is 0 Å². The van der Waals surface area contributed by atoms with E-state index in [1.165, 1.54) is 5.56 Å². The van der Waals surface area contributed by atoms with Crippen LogP contribution in [0.2, 0.25) is 0 Å². The number of benzene rings is 1. The molecular formula is C13H13NO. The van der Waals surface area contributed by atoms with Gasteiger partial charge >= 0.3 is 0 Å². The Hall–Kier alpha value is -1.83. The molecular weight excluding hydrogens is 186 g/mol. The fourth-order valence-electron chi connectivity index (χ4n) is 1.45. The Kier molecular flexibility index (Phi) is 2.98. The Bertz CT molecular complexity index is 426. The highest BCUT2D eigenvalue weighted by Crippen LogP contribution is 2.21. The minimum atomic E-state index is 0.644. The van der Waals surface area contributed by atoms with Crippen molar-refractivity contribution in [3.05, 3.63) is 48.7 Å². The van der Waals surface area contributed by atoms with Gasteiger partial charge in [0.1, 0.15) is 0 Å². The molecule has 2 aromatic rings. The van der Waals surface area contributed by atoms with Crippen molar-refractivity contribution in [2.75, 3.05) is 6.61 Å². The molecule has 0 fully saturated rings. The fraction of sp³-hybridized carbons (Fsp3) is 0.154. The molecule has 0 saturated heterocycles. The number of nitrogens with zero attached hydrogens (tertiary/aromatic N) is 1. The molecule has 0 atom stereocenters. The normalized spacial score (nSPS) is 9.93. The van der Waals surface area contributed by atoms with Crippen LogP contribution in [0.25, 0.3) is 11.1 Å². The van der Waals surface area contributed by atoms with E-state index in [-0.39, 0.29) is 0 Å². The maximum atomic E-state index is 5.36. The van der Waals surface area contributed by atoms with E-state index in [1.54, 1.807) is 6.20 Å². The SMILES string of the molecule is CCOc1cc(-c2ccccc2)ccn1. The fourth-order valence-corrected chi connectivity index (χ4v) is 1.45. The first kappa shape index (κ1) is 9.71. The molecule has 0 spiro atoms. The average Bonchev–Trinajstić information content (AvgIpc) is 2.31. The van der Waals surface area contributed by atoms with Crippen LogP contribution >= 0.6 is 0 Å². The predicted molar refractivity (Wildman–Crippen MR) is 60.8 cm³/mol. The minimum Gasteiger partial charge on any atom is -0.478 e. The van der Waals surface area contributed by atoms with Crippen LogP contribution in [0, 0.1) is 0 Å². The van der Waals surface area contributed by atoms with E-state index in [2.05, 4.69) is 17.1 Å². The van der Waals surface area contributed by atoms with Crippen LogP contribution in [-0.4, -0.2) is 11.6 Å². The number of hydrogen-bond acceptors (Lipinski definition) is 2. The molecule has 0 N–H and O–H groups in total. The lowest BCUT2D eigenvalue weighted by molar-refractivity contribution is 0.327. The van der Waals surface area contributed by atoms with Crippen LogP contribution < -0.4 is 4.74 Å². The Labute approximate surface area is 89.6 Å². The van der Waals surface area contributed by atoms with E-state index in [1.807, 2.05) is 37.3 Å². The molecule has 0 amide bonds. The molecule has 1 heterocycles. The van der Waals surface area contributed by atoms with Gasteiger partial charge in [0, 0.05) is 12.3 Å². The van der Waals surface area contributed by atoms with Gasteiger partial charge in [-0.15, -0.1) is 0 Å². The van der Waals surface area contributed by atoms with Gasteiger partial charge < -0.3 is 4.74 Å². The summed E-state index contributed by atoms with van der Waals surface area (Å²) in [4.78, 5) is 4.13. The van der Waals surface area contributed by atoms with Gasteiger partial charge in [-0.2, -0.15) is 0 Å². The van der Waals surface area contributed by atoms with E-state index in [0.717, 1.165) is 5.56 Å². The van der Waals surface area contributed by atoms with Crippen LogP contribution in [0.4, 0.5) is 0 Å². The highest BCUT2D eigenvalue weighted by molar-refractivity contribution is 5.63. The molecule has 0 aliphatic rings. The number of pyridine rings is 1. The van der Waals surface area contributed by atoms with E-state index in [9.17, 15) is 0 Å². The largest absolute Gasteiger partial charge is 0.478 e. The van der Waals surface area contributed by atoms with E-state index < -0.39 is 0 Å². The maximum Gasteiger partial charge on any atom is 0.213 e. The lowest BCUT2D eigenvalue weighted by Gasteiger charge is -2.04. The van der Waals surface area contributed by atoms with Gasteiger partial charge in [0.2, 0.25) is 5.88 Å². The topological polar surface area (TPSA) is 22.1 Å². The number of aromatic nitrogens is 1. The highest BCUT2D eigenvalue weighted by Gasteiger charge is 1.99. The Morgan fingerprint density at radius 3 is 2.60 bits per heavy atom. The molecule has 2 rings (SSSR count). The van der Waals surface area contributed by atoms with Gasteiger partial charge in [-0.05, 0) is 24.1 Å².